The summed E-state index contributed by atoms with van der Waals surface area (Å²) in [6.45, 7) is 1.30. The lowest BCUT2D eigenvalue weighted by Crippen LogP contribution is -2.47. The highest BCUT2D eigenvalue weighted by molar-refractivity contribution is 7.98. The second-order valence-electron chi connectivity index (χ2n) is 5.44. The zero-order chi connectivity index (χ0) is 20.4. The third kappa shape index (κ3) is 7.18. The van der Waals surface area contributed by atoms with Crippen molar-refractivity contribution in [3.05, 3.63) is 29.8 Å². The molecule has 148 valence electrons. The summed E-state index contributed by atoms with van der Waals surface area (Å²) in [6, 6.07) is 4.55. The summed E-state index contributed by atoms with van der Waals surface area (Å²) in [5.74, 6) is -1.21. The third-order valence-electron chi connectivity index (χ3n) is 3.46. The Labute approximate surface area is 161 Å². The van der Waals surface area contributed by atoms with Crippen molar-refractivity contribution >= 4 is 35.6 Å². The van der Waals surface area contributed by atoms with Gasteiger partial charge >= 0.3 is 12.0 Å². The molecule has 1 aromatic carbocycles. The number of nitrogens with two attached hydrogens (primary N) is 1. The number of hydrogen-bond acceptors (Lipinski definition) is 7. The molecule has 0 aromatic heterocycles. The monoisotopic (exact) mass is 397 g/mol. The molecule has 1 rings (SSSR count). The first-order valence-electron chi connectivity index (χ1n) is 8.03. The second kappa shape index (κ2) is 11.1. The number of carbonyl (C=O) groups is 4. The number of para-hydroxylation sites is 1. The lowest BCUT2D eigenvalue weighted by Gasteiger charge is -2.20. The maximum Gasteiger partial charge on any atom is 0.329 e. The van der Waals surface area contributed by atoms with Crippen LogP contribution in [0.1, 0.15) is 23.7 Å². The molecule has 0 aliphatic rings. The van der Waals surface area contributed by atoms with Gasteiger partial charge in [-0.15, -0.1) is 0 Å². The number of rotatable bonds is 9. The Kier molecular flexibility index (Phi) is 9.14. The lowest BCUT2D eigenvalue weighted by molar-refractivity contribution is -0.156. The van der Waals surface area contributed by atoms with Crippen LogP contribution in [0.5, 0.6) is 5.75 Å². The molecule has 2 atom stereocenters. The van der Waals surface area contributed by atoms with Gasteiger partial charge in [-0.3, -0.25) is 14.9 Å². The Morgan fingerprint density at radius 1 is 1.22 bits per heavy atom. The summed E-state index contributed by atoms with van der Waals surface area (Å²) in [6.07, 6.45) is 0.906. The Morgan fingerprint density at radius 2 is 1.89 bits per heavy atom. The van der Waals surface area contributed by atoms with Crippen LogP contribution < -0.4 is 21.1 Å². The molecule has 0 spiro atoms. The van der Waals surface area contributed by atoms with Crippen LogP contribution >= 0.6 is 11.8 Å². The number of nitrogens with one attached hydrogen (secondary N) is 2. The molecule has 0 saturated heterocycles. The fraction of sp³-hybridized carbons (Fsp3) is 0.412. The van der Waals surface area contributed by atoms with E-state index in [1.165, 1.54) is 25.8 Å². The minimum atomic E-state index is -1.25. The number of benzene rings is 1. The van der Waals surface area contributed by atoms with E-state index >= 15 is 0 Å². The number of primary amides is 1. The molecule has 0 unspecified atom stereocenters. The predicted octanol–water partition coefficient (Wildman–Crippen LogP) is 0.673. The van der Waals surface area contributed by atoms with Crippen LogP contribution in [0.2, 0.25) is 0 Å². The van der Waals surface area contributed by atoms with Gasteiger partial charge in [0.1, 0.15) is 11.8 Å². The highest BCUT2D eigenvalue weighted by Gasteiger charge is 2.27. The molecule has 27 heavy (non-hydrogen) atoms. The minimum absolute atomic E-state index is 0.265. The van der Waals surface area contributed by atoms with Gasteiger partial charge in [-0.05, 0) is 37.5 Å². The Hall–Kier alpha value is -2.75. The van der Waals surface area contributed by atoms with Crippen molar-refractivity contribution in [3.63, 3.8) is 0 Å². The highest BCUT2D eigenvalue weighted by atomic mass is 32.2. The Bertz CT molecular complexity index is 697. The molecule has 9 nitrogen and oxygen atoms in total. The van der Waals surface area contributed by atoms with Crippen molar-refractivity contribution < 1.29 is 28.7 Å². The van der Waals surface area contributed by atoms with Gasteiger partial charge in [-0.2, -0.15) is 11.8 Å². The Morgan fingerprint density at radius 3 is 2.48 bits per heavy atom. The van der Waals surface area contributed by atoms with Gasteiger partial charge < -0.3 is 20.5 Å². The van der Waals surface area contributed by atoms with Crippen LogP contribution in [0.4, 0.5) is 4.79 Å². The van der Waals surface area contributed by atoms with Crippen molar-refractivity contribution in [3.8, 4) is 5.75 Å². The van der Waals surface area contributed by atoms with Gasteiger partial charge in [0, 0.05) is 0 Å². The zero-order valence-corrected chi connectivity index (χ0v) is 16.1. The molecule has 0 heterocycles. The molecular formula is C17H23N3O6S. The molecule has 0 bridgehead atoms. The number of methoxy groups -OCH3 is 1. The maximum absolute atomic E-state index is 12.5. The van der Waals surface area contributed by atoms with E-state index in [9.17, 15) is 19.2 Å². The Balaban J connectivity index is 2.85. The van der Waals surface area contributed by atoms with Crippen molar-refractivity contribution in [2.24, 2.45) is 5.73 Å². The third-order valence-corrected chi connectivity index (χ3v) is 4.10. The van der Waals surface area contributed by atoms with Crippen LogP contribution in [0.15, 0.2) is 24.3 Å². The summed E-state index contributed by atoms with van der Waals surface area (Å²) in [5.41, 5.74) is 5.13. The topological polar surface area (TPSA) is 137 Å². The van der Waals surface area contributed by atoms with E-state index in [0.29, 0.717) is 17.9 Å². The van der Waals surface area contributed by atoms with Crippen molar-refractivity contribution in [2.45, 2.75) is 25.5 Å². The predicted molar refractivity (Wildman–Crippen MR) is 101 cm³/mol. The minimum Gasteiger partial charge on any atom is -0.496 e. The average Bonchev–Trinajstić information content (AvgIpc) is 2.63. The number of amides is 4. The molecule has 10 heteroatoms. The number of thioether (sulfide) groups is 1. The molecule has 4 amide bonds. The van der Waals surface area contributed by atoms with E-state index < -0.39 is 36.0 Å². The van der Waals surface area contributed by atoms with E-state index in [0.717, 1.165) is 0 Å². The zero-order valence-electron chi connectivity index (χ0n) is 15.3. The molecule has 4 N–H and O–H groups in total. The van der Waals surface area contributed by atoms with Crippen molar-refractivity contribution in [2.75, 3.05) is 19.1 Å². The molecule has 0 aliphatic carbocycles. The first-order chi connectivity index (χ1) is 12.8. The maximum atomic E-state index is 12.5. The fourth-order valence-electron chi connectivity index (χ4n) is 2.09. The van der Waals surface area contributed by atoms with Gasteiger partial charge in [-0.1, -0.05) is 12.1 Å². The number of carbonyl (C=O) groups excluding carboxylic acids is 4. The lowest BCUT2D eigenvalue weighted by atomic mass is 10.1. The van der Waals surface area contributed by atoms with Gasteiger partial charge in [0.25, 0.3) is 11.8 Å². The second-order valence-corrected chi connectivity index (χ2v) is 6.43. The molecule has 0 radical (unpaired) electrons. The fourth-order valence-corrected chi connectivity index (χ4v) is 2.56. The standard InChI is InChI=1S/C17H23N3O6S/c1-10(14(21)20-17(18)24)26-16(23)12(8-9-27-3)19-15(22)11-6-4-5-7-13(11)25-2/h4-7,10,12H,8-9H2,1-3H3,(H,19,22)(H3,18,20,21,24)/t10-,12+/m0/s1. The van der Waals surface area contributed by atoms with E-state index in [2.05, 4.69) is 5.32 Å². The largest absolute Gasteiger partial charge is 0.496 e. The van der Waals surface area contributed by atoms with Gasteiger partial charge in [-0.25, -0.2) is 9.59 Å². The summed E-state index contributed by atoms with van der Waals surface area (Å²) in [7, 11) is 1.44. The molecule has 1 aromatic rings. The molecular weight excluding hydrogens is 374 g/mol. The van der Waals surface area contributed by atoms with E-state index in [-0.39, 0.29) is 5.56 Å². The number of urea groups is 1. The highest BCUT2D eigenvalue weighted by Crippen LogP contribution is 2.17. The van der Waals surface area contributed by atoms with Crippen LogP contribution in [-0.2, 0) is 14.3 Å². The van der Waals surface area contributed by atoms with Crippen LogP contribution in [0.25, 0.3) is 0 Å². The van der Waals surface area contributed by atoms with Gasteiger partial charge in [0.05, 0.1) is 12.7 Å². The normalized spacial score (nSPS) is 12.4. The average molecular weight is 397 g/mol. The number of esters is 1. The number of hydrogen-bond donors (Lipinski definition) is 3. The van der Waals surface area contributed by atoms with Crippen LogP contribution in [-0.4, -0.2) is 55.1 Å². The summed E-state index contributed by atoms with van der Waals surface area (Å²) >= 11 is 1.49. The summed E-state index contributed by atoms with van der Waals surface area (Å²) in [5, 5.41) is 4.42. The van der Waals surface area contributed by atoms with Crippen molar-refractivity contribution in [1.82, 2.24) is 10.6 Å². The summed E-state index contributed by atoms with van der Waals surface area (Å²) < 4.78 is 10.2. The van der Waals surface area contributed by atoms with Crippen molar-refractivity contribution in [1.29, 1.82) is 0 Å². The smallest absolute Gasteiger partial charge is 0.329 e. The molecule has 0 aliphatic heterocycles. The first kappa shape index (κ1) is 22.3. The van der Waals surface area contributed by atoms with Crippen LogP contribution in [0.3, 0.4) is 0 Å². The quantitative estimate of drug-likeness (QED) is 0.521. The molecule has 0 fully saturated rings. The van der Waals surface area contributed by atoms with Gasteiger partial charge in [0.2, 0.25) is 0 Å². The van der Waals surface area contributed by atoms with E-state index in [1.54, 1.807) is 24.3 Å². The van der Waals surface area contributed by atoms with E-state index in [4.69, 9.17) is 15.2 Å². The number of imide groups is 1. The van der Waals surface area contributed by atoms with E-state index in [1.807, 2.05) is 11.6 Å². The summed E-state index contributed by atoms with van der Waals surface area (Å²) in [4.78, 5) is 47.3. The molecule has 0 saturated carbocycles. The first-order valence-corrected chi connectivity index (χ1v) is 9.43. The van der Waals surface area contributed by atoms with Crippen LogP contribution in [0, 0.1) is 0 Å². The number of ether oxygens (including phenoxy) is 2. The SMILES string of the molecule is COc1ccccc1C(=O)N[C@H](CCSC)C(=O)O[C@@H](C)C(=O)NC(N)=O. The van der Waals surface area contributed by atoms with Gasteiger partial charge in [0.15, 0.2) is 6.10 Å².